The Morgan fingerprint density at radius 1 is 0.418 bits per heavy atom. The van der Waals surface area contributed by atoms with Crippen molar-refractivity contribution < 1.29 is 39.3 Å². The Balaban J connectivity index is 0.869. The highest BCUT2D eigenvalue weighted by atomic mass is 16.4. The van der Waals surface area contributed by atoms with Crippen molar-refractivity contribution in [1.29, 1.82) is 0 Å². The smallest absolute Gasteiger partial charge is 0.317 e. The Hall–Kier alpha value is -8.25. The molecule has 0 bridgehead atoms. The van der Waals surface area contributed by atoms with Gasteiger partial charge in [-0.1, -0.05) is 48.5 Å². The van der Waals surface area contributed by atoms with E-state index in [0.717, 1.165) is 65.9 Å². The van der Waals surface area contributed by atoms with Crippen LogP contribution in [0, 0.1) is 0 Å². The maximum absolute atomic E-state index is 13.3. The average Bonchev–Trinajstić information content (AvgIpc) is 3.31. The molecule has 67 heavy (non-hydrogen) atoms. The molecule has 0 aliphatic rings. The number of nitrogens with one attached hydrogen (secondary N) is 2. The molecular formula is C50H45N9O8. The second-order valence-corrected chi connectivity index (χ2v) is 15.9. The predicted molar refractivity (Wildman–Crippen MR) is 254 cm³/mol. The van der Waals surface area contributed by atoms with Crippen LogP contribution >= 0.6 is 0 Å². The van der Waals surface area contributed by atoms with Crippen LogP contribution in [0.1, 0.15) is 0 Å². The largest absolute Gasteiger partial charge is 0.480 e. The molecule has 0 aliphatic heterocycles. The fraction of sp³-hybridized carbons (Fsp3) is 0.180. The Kier molecular flexibility index (Phi) is 14.0. The molecule has 8 aromatic rings. The summed E-state index contributed by atoms with van der Waals surface area (Å²) in [5.41, 5.74) is 7.80. The quantitative estimate of drug-likeness (QED) is 0.0557. The van der Waals surface area contributed by atoms with Crippen molar-refractivity contribution in [3.63, 3.8) is 0 Å². The number of carbonyl (C=O) groups excluding carboxylic acids is 2. The molecule has 2 amide bonds. The second kappa shape index (κ2) is 20.7. The summed E-state index contributed by atoms with van der Waals surface area (Å²) in [5.74, 6) is -4.48. The van der Waals surface area contributed by atoms with Crippen molar-refractivity contribution in [2.24, 2.45) is 0 Å². The van der Waals surface area contributed by atoms with Gasteiger partial charge in [0.15, 0.2) is 0 Å². The molecule has 4 aromatic heterocycles. The minimum Gasteiger partial charge on any atom is -0.480 e. The zero-order chi connectivity index (χ0) is 46.9. The van der Waals surface area contributed by atoms with Crippen molar-refractivity contribution in [2.75, 3.05) is 69.5 Å². The Morgan fingerprint density at radius 2 is 0.761 bits per heavy atom. The van der Waals surface area contributed by atoms with Crippen LogP contribution in [0.25, 0.3) is 65.9 Å². The van der Waals surface area contributed by atoms with Crippen LogP contribution in [0.4, 0.5) is 11.4 Å². The van der Waals surface area contributed by atoms with E-state index in [2.05, 4.69) is 30.6 Å². The summed E-state index contributed by atoms with van der Waals surface area (Å²) >= 11 is 0. The van der Waals surface area contributed by atoms with E-state index < -0.39 is 49.4 Å². The lowest BCUT2D eigenvalue weighted by molar-refractivity contribution is -0.140. The molecule has 8 rings (SSSR count). The standard InChI is InChI=1S/C50H45N9O8/c60-42(55-36-13-9-32(10-14-36)40-25-34-5-1-17-51-47(34)49-38(40)7-3-19-53-49)27-58(30-45(64)65)23-21-57(29-44(62)63)22-24-59(31-46(66)67)28-43(61)56-37-15-11-33(12-16-37)41-26-35-6-2-18-52-48(35)50-39(41)8-4-20-54-50/h1-20,25-26H,21-24,27-31H2,(H,55,60)(H,56,61)(H,62,63)(H,64,65)(H,66,67). The fourth-order valence-electron chi connectivity index (χ4n) is 8.14. The van der Waals surface area contributed by atoms with Crippen LogP contribution in [-0.4, -0.2) is 139 Å². The third-order valence-electron chi connectivity index (χ3n) is 11.2. The maximum Gasteiger partial charge on any atom is 0.317 e. The molecule has 0 spiro atoms. The molecule has 0 saturated carbocycles. The van der Waals surface area contributed by atoms with Crippen LogP contribution in [0.3, 0.4) is 0 Å². The van der Waals surface area contributed by atoms with E-state index in [1.807, 2.05) is 84.9 Å². The van der Waals surface area contributed by atoms with E-state index in [9.17, 15) is 39.3 Å². The van der Waals surface area contributed by atoms with Crippen molar-refractivity contribution in [2.45, 2.75) is 0 Å². The van der Waals surface area contributed by atoms with Gasteiger partial charge in [-0.15, -0.1) is 0 Å². The van der Waals surface area contributed by atoms with Gasteiger partial charge in [0.2, 0.25) is 11.8 Å². The van der Waals surface area contributed by atoms with E-state index in [4.69, 9.17) is 0 Å². The van der Waals surface area contributed by atoms with Gasteiger partial charge in [-0.05, 0) is 82.9 Å². The van der Waals surface area contributed by atoms with E-state index in [-0.39, 0.29) is 39.3 Å². The number of nitrogens with zero attached hydrogens (tertiary/aromatic N) is 7. The zero-order valence-corrected chi connectivity index (χ0v) is 36.1. The zero-order valence-electron chi connectivity index (χ0n) is 36.1. The number of anilines is 2. The van der Waals surface area contributed by atoms with Gasteiger partial charge in [0, 0.05) is 83.9 Å². The SMILES string of the molecule is O=C(O)CN(CCN(CC(=O)O)CC(=O)Nc1ccc(-c2cc3cccnc3c3ncccc23)cc1)CCN(CC(=O)O)CC(=O)Nc1ccc(-c2cc3cccnc3c3ncccc23)cc1. The van der Waals surface area contributed by atoms with Crippen LogP contribution in [0.2, 0.25) is 0 Å². The first-order chi connectivity index (χ1) is 32.5. The summed E-state index contributed by atoms with van der Waals surface area (Å²) in [6.07, 6.45) is 6.91. The van der Waals surface area contributed by atoms with E-state index in [1.54, 1.807) is 49.1 Å². The van der Waals surface area contributed by atoms with E-state index in [1.165, 1.54) is 14.7 Å². The van der Waals surface area contributed by atoms with Gasteiger partial charge >= 0.3 is 17.9 Å². The van der Waals surface area contributed by atoms with Crippen molar-refractivity contribution in [3.8, 4) is 22.3 Å². The minimum absolute atomic E-state index is 0.00167. The summed E-state index contributed by atoms with van der Waals surface area (Å²) in [6, 6.07) is 34.0. The Labute approximate surface area is 383 Å². The van der Waals surface area contributed by atoms with Gasteiger partial charge in [-0.25, -0.2) is 0 Å². The molecule has 0 radical (unpaired) electrons. The molecule has 0 aliphatic carbocycles. The number of carbonyl (C=O) groups is 5. The first-order valence-corrected chi connectivity index (χ1v) is 21.4. The highest BCUT2D eigenvalue weighted by Crippen LogP contribution is 2.35. The predicted octanol–water partition coefficient (Wildman–Crippen LogP) is 5.95. The van der Waals surface area contributed by atoms with Gasteiger partial charge in [0.1, 0.15) is 0 Å². The molecule has 17 heteroatoms. The van der Waals surface area contributed by atoms with Gasteiger partial charge in [-0.2, -0.15) is 0 Å². The van der Waals surface area contributed by atoms with Crippen molar-refractivity contribution in [1.82, 2.24) is 34.6 Å². The Morgan fingerprint density at radius 3 is 1.15 bits per heavy atom. The molecule has 17 nitrogen and oxygen atoms in total. The number of pyridine rings is 4. The maximum atomic E-state index is 13.3. The lowest BCUT2D eigenvalue weighted by Gasteiger charge is -2.28. The minimum atomic E-state index is -1.18. The van der Waals surface area contributed by atoms with E-state index >= 15 is 0 Å². The summed E-state index contributed by atoms with van der Waals surface area (Å²) in [7, 11) is 0. The first kappa shape index (κ1) is 45.3. The van der Waals surface area contributed by atoms with Crippen LogP contribution in [0.5, 0.6) is 0 Å². The number of hydrogen-bond donors (Lipinski definition) is 5. The van der Waals surface area contributed by atoms with Gasteiger partial charge in [-0.3, -0.25) is 58.6 Å². The van der Waals surface area contributed by atoms with Crippen LogP contribution in [-0.2, 0) is 24.0 Å². The Bertz CT molecular complexity index is 2930. The van der Waals surface area contributed by atoms with E-state index in [0.29, 0.717) is 11.4 Å². The normalized spacial score (nSPS) is 11.5. The molecule has 338 valence electrons. The van der Waals surface area contributed by atoms with Crippen LogP contribution < -0.4 is 10.6 Å². The van der Waals surface area contributed by atoms with Crippen molar-refractivity contribution in [3.05, 3.63) is 134 Å². The molecule has 0 saturated heterocycles. The van der Waals surface area contributed by atoms with Gasteiger partial charge in [0.25, 0.3) is 0 Å². The molecular weight excluding hydrogens is 855 g/mol. The number of fused-ring (bicyclic) bond motifs is 6. The lowest BCUT2D eigenvalue weighted by Crippen LogP contribution is -2.46. The summed E-state index contributed by atoms with van der Waals surface area (Å²) in [4.78, 5) is 84.5. The van der Waals surface area contributed by atoms with Crippen molar-refractivity contribution >= 4 is 84.7 Å². The van der Waals surface area contributed by atoms with Gasteiger partial charge < -0.3 is 26.0 Å². The highest BCUT2D eigenvalue weighted by molar-refractivity contribution is 6.11. The molecule has 0 fully saturated rings. The number of hydrogen-bond acceptors (Lipinski definition) is 12. The number of amides is 2. The third-order valence-corrected chi connectivity index (χ3v) is 11.2. The summed E-state index contributed by atoms with van der Waals surface area (Å²) in [5, 5.41) is 38.4. The molecule has 0 unspecified atom stereocenters. The summed E-state index contributed by atoms with van der Waals surface area (Å²) < 4.78 is 0. The fourth-order valence-corrected chi connectivity index (χ4v) is 8.14. The lowest BCUT2D eigenvalue weighted by atomic mass is 9.97. The highest BCUT2D eigenvalue weighted by Gasteiger charge is 2.21. The third kappa shape index (κ3) is 11.4. The number of rotatable bonds is 20. The molecule has 4 aromatic carbocycles. The number of aliphatic carboxylic acids is 3. The second-order valence-electron chi connectivity index (χ2n) is 15.9. The number of carboxylic acid groups (broad SMARTS) is 3. The van der Waals surface area contributed by atoms with Gasteiger partial charge in [0.05, 0.1) is 54.8 Å². The topological polar surface area (TPSA) is 231 Å². The summed E-state index contributed by atoms with van der Waals surface area (Å²) in [6.45, 7) is -1.98. The molecule has 5 N–H and O–H groups in total. The van der Waals surface area contributed by atoms with Crippen LogP contribution in [0.15, 0.2) is 134 Å². The molecule has 0 atom stereocenters. The monoisotopic (exact) mass is 899 g/mol. The number of carboxylic acids is 3. The number of aromatic nitrogens is 4. The average molecular weight is 900 g/mol. The molecule has 4 heterocycles. The first-order valence-electron chi connectivity index (χ1n) is 21.4. The number of benzene rings is 4.